The molecular weight excluding hydrogens is 441 g/mol. The number of anilines is 1. The number of carboxylic acid groups (broad SMARTS) is 1. The lowest BCUT2D eigenvalue weighted by molar-refractivity contribution is 0.0697. The van der Waals surface area contributed by atoms with Gasteiger partial charge in [0.15, 0.2) is 11.5 Å². The summed E-state index contributed by atoms with van der Waals surface area (Å²) in [6.07, 6.45) is 0. The number of ether oxygens (including phenoxy) is 3. The number of benzene rings is 3. The molecule has 0 radical (unpaired) electrons. The SMILES string of the molecule is COc1ccc(C(=O)O)cc1NCc1cccc(OC)c1OCc1ccc(Cl)cc1Cl. The van der Waals surface area contributed by atoms with E-state index in [2.05, 4.69) is 5.32 Å². The largest absolute Gasteiger partial charge is 0.495 e. The third kappa shape index (κ3) is 5.54. The molecule has 0 atom stereocenters. The van der Waals surface area contributed by atoms with Gasteiger partial charge in [-0.3, -0.25) is 0 Å². The normalized spacial score (nSPS) is 10.5. The second-order valence-electron chi connectivity index (χ2n) is 6.55. The van der Waals surface area contributed by atoms with E-state index in [0.29, 0.717) is 39.5 Å². The summed E-state index contributed by atoms with van der Waals surface area (Å²) < 4.78 is 16.9. The number of rotatable bonds is 9. The Hall–Kier alpha value is -3.09. The molecule has 3 rings (SSSR count). The second kappa shape index (κ2) is 10.3. The number of para-hydroxylation sites is 1. The fourth-order valence-corrected chi connectivity index (χ4v) is 3.45. The van der Waals surface area contributed by atoms with Gasteiger partial charge in [0.2, 0.25) is 0 Å². The molecule has 0 amide bonds. The van der Waals surface area contributed by atoms with Crippen molar-refractivity contribution in [3.8, 4) is 17.2 Å². The van der Waals surface area contributed by atoms with E-state index in [4.69, 9.17) is 37.4 Å². The molecule has 0 bridgehead atoms. The van der Waals surface area contributed by atoms with E-state index in [1.165, 1.54) is 19.2 Å². The minimum Gasteiger partial charge on any atom is -0.495 e. The molecule has 0 saturated carbocycles. The summed E-state index contributed by atoms with van der Waals surface area (Å²) in [6.45, 7) is 0.571. The highest BCUT2D eigenvalue weighted by Crippen LogP contribution is 2.34. The van der Waals surface area contributed by atoms with Crippen LogP contribution in [0.25, 0.3) is 0 Å². The quantitative estimate of drug-likeness (QED) is 0.412. The summed E-state index contributed by atoms with van der Waals surface area (Å²) in [6, 6.07) is 15.4. The van der Waals surface area contributed by atoms with Crippen LogP contribution in [0.2, 0.25) is 10.0 Å². The zero-order valence-corrected chi connectivity index (χ0v) is 18.5. The number of carbonyl (C=O) groups is 1. The van der Waals surface area contributed by atoms with Crippen molar-refractivity contribution in [2.45, 2.75) is 13.2 Å². The van der Waals surface area contributed by atoms with Crippen LogP contribution in [0, 0.1) is 0 Å². The first-order chi connectivity index (χ1) is 14.9. The van der Waals surface area contributed by atoms with E-state index in [0.717, 1.165) is 11.1 Å². The number of halogens is 2. The van der Waals surface area contributed by atoms with Gasteiger partial charge >= 0.3 is 5.97 Å². The predicted molar refractivity (Wildman–Crippen MR) is 121 cm³/mol. The summed E-state index contributed by atoms with van der Waals surface area (Å²) >= 11 is 12.2. The van der Waals surface area contributed by atoms with Crippen LogP contribution in [0.15, 0.2) is 54.6 Å². The van der Waals surface area contributed by atoms with Gasteiger partial charge in [0.1, 0.15) is 12.4 Å². The van der Waals surface area contributed by atoms with Crippen molar-refractivity contribution in [3.63, 3.8) is 0 Å². The topological polar surface area (TPSA) is 77.0 Å². The fraction of sp³-hybridized carbons (Fsp3) is 0.174. The summed E-state index contributed by atoms with van der Waals surface area (Å²) in [5.41, 5.74) is 2.30. The summed E-state index contributed by atoms with van der Waals surface area (Å²) in [7, 11) is 3.09. The second-order valence-corrected chi connectivity index (χ2v) is 7.39. The molecule has 0 fully saturated rings. The third-order valence-electron chi connectivity index (χ3n) is 4.58. The van der Waals surface area contributed by atoms with E-state index in [1.807, 2.05) is 12.1 Å². The van der Waals surface area contributed by atoms with Crippen molar-refractivity contribution in [3.05, 3.63) is 81.3 Å². The first-order valence-electron chi connectivity index (χ1n) is 9.30. The zero-order valence-electron chi connectivity index (χ0n) is 16.9. The molecule has 31 heavy (non-hydrogen) atoms. The fourth-order valence-electron chi connectivity index (χ4n) is 2.98. The van der Waals surface area contributed by atoms with Crippen LogP contribution < -0.4 is 19.5 Å². The smallest absolute Gasteiger partial charge is 0.335 e. The Labute approximate surface area is 190 Å². The van der Waals surface area contributed by atoms with E-state index in [1.54, 1.807) is 37.4 Å². The molecule has 2 N–H and O–H groups in total. The Bertz CT molecular complexity index is 1090. The van der Waals surface area contributed by atoms with Crippen LogP contribution in [-0.4, -0.2) is 25.3 Å². The molecule has 6 nitrogen and oxygen atoms in total. The van der Waals surface area contributed by atoms with E-state index in [-0.39, 0.29) is 12.2 Å². The Balaban J connectivity index is 1.84. The number of aromatic carboxylic acids is 1. The molecule has 0 aliphatic rings. The highest BCUT2D eigenvalue weighted by molar-refractivity contribution is 6.35. The number of carboxylic acids is 1. The Kier molecular flexibility index (Phi) is 7.50. The molecule has 3 aromatic rings. The van der Waals surface area contributed by atoms with Crippen molar-refractivity contribution >= 4 is 34.9 Å². The van der Waals surface area contributed by atoms with Crippen molar-refractivity contribution in [2.75, 3.05) is 19.5 Å². The van der Waals surface area contributed by atoms with Crippen molar-refractivity contribution in [1.82, 2.24) is 0 Å². The van der Waals surface area contributed by atoms with Gasteiger partial charge < -0.3 is 24.6 Å². The van der Waals surface area contributed by atoms with Crippen molar-refractivity contribution in [1.29, 1.82) is 0 Å². The number of nitrogens with one attached hydrogen (secondary N) is 1. The van der Waals surface area contributed by atoms with Gasteiger partial charge in [-0.2, -0.15) is 0 Å². The van der Waals surface area contributed by atoms with Crippen molar-refractivity contribution in [2.24, 2.45) is 0 Å². The number of methoxy groups -OCH3 is 2. The zero-order chi connectivity index (χ0) is 22.4. The molecule has 8 heteroatoms. The molecule has 0 aliphatic carbocycles. The minimum absolute atomic E-state index is 0.155. The van der Waals surface area contributed by atoms with Gasteiger partial charge in [-0.25, -0.2) is 4.79 Å². The van der Waals surface area contributed by atoms with Crippen LogP contribution in [0.5, 0.6) is 17.2 Å². The molecule has 162 valence electrons. The van der Waals surface area contributed by atoms with Gasteiger partial charge in [0.05, 0.1) is 25.5 Å². The summed E-state index contributed by atoms with van der Waals surface area (Å²) in [4.78, 5) is 11.3. The first-order valence-corrected chi connectivity index (χ1v) is 10.1. The summed E-state index contributed by atoms with van der Waals surface area (Å²) in [5.74, 6) is 0.631. The maximum absolute atomic E-state index is 11.3. The highest BCUT2D eigenvalue weighted by atomic mass is 35.5. The molecule has 0 aliphatic heterocycles. The molecule has 0 spiro atoms. The molecule has 0 aromatic heterocycles. The van der Waals surface area contributed by atoms with Gasteiger partial charge in [-0.1, -0.05) is 41.4 Å². The van der Waals surface area contributed by atoms with Gasteiger partial charge in [0.25, 0.3) is 0 Å². The lowest BCUT2D eigenvalue weighted by Gasteiger charge is -2.17. The molecule has 0 saturated heterocycles. The Morgan fingerprint density at radius 1 is 0.968 bits per heavy atom. The lowest BCUT2D eigenvalue weighted by Crippen LogP contribution is -2.07. The molecule has 3 aromatic carbocycles. The standard InChI is InChI=1S/C23H21Cl2NO5/c1-29-20-9-7-14(23(27)28)10-19(20)26-12-15-4-3-5-21(30-2)22(15)31-13-16-6-8-17(24)11-18(16)25/h3-11,26H,12-13H2,1-2H3,(H,27,28). The van der Waals surface area contributed by atoms with Gasteiger partial charge in [0, 0.05) is 27.7 Å². The van der Waals surface area contributed by atoms with E-state index in [9.17, 15) is 9.90 Å². The van der Waals surface area contributed by atoms with Gasteiger partial charge in [-0.05, 0) is 36.4 Å². The molecular formula is C23H21Cl2NO5. The van der Waals surface area contributed by atoms with Crippen LogP contribution in [-0.2, 0) is 13.2 Å². The molecule has 0 unspecified atom stereocenters. The van der Waals surface area contributed by atoms with Crippen LogP contribution in [0.4, 0.5) is 5.69 Å². The number of hydrogen-bond donors (Lipinski definition) is 2. The lowest BCUT2D eigenvalue weighted by atomic mass is 10.1. The maximum atomic E-state index is 11.3. The van der Waals surface area contributed by atoms with Crippen LogP contribution in [0.1, 0.15) is 21.5 Å². The third-order valence-corrected chi connectivity index (χ3v) is 5.17. The predicted octanol–water partition coefficient (Wildman–Crippen LogP) is 5.90. The molecule has 0 heterocycles. The van der Waals surface area contributed by atoms with Crippen molar-refractivity contribution < 1.29 is 24.1 Å². The minimum atomic E-state index is -1.02. The van der Waals surface area contributed by atoms with Crippen LogP contribution in [0.3, 0.4) is 0 Å². The van der Waals surface area contributed by atoms with E-state index < -0.39 is 5.97 Å². The van der Waals surface area contributed by atoms with Crippen LogP contribution >= 0.6 is 23.2 Å². The van der Waals surface area contributed by atoms with Gasteiger partial charge in [-0.15, -0.1) is 0 Å². The Morgan fingerprint density at radius 3 is 2.42 bits per heavy atom. The summed E-state index contributed by atoms with van der Waals surface area (Å²) in [5, 5.41) is 13.5. The average molecular weight is 462 g/mol. The van der Waals surface area contributed by atoms with E-state index >= 15 is 0 Å². The number of hydrogen-bond acceptors (Lipinski definition) is 5. The first kappa shape index (κ1) is 22.6. The highest BCUT2D eigenvalue weighted by Gasteiger charge is 2.14. The average Bonchev–Trinajstić information content (AvgIpc) is 2.76. The maximum Gasteiger partial charge on any atom is 0.335 e. The monoisotopic (exact) mass is 461 g/mol. The Morgan fingerprint density at radius 2 is 1.74 bits per heavy atom.